The largest absolute Gasteiger partial charge is 0.310 e. The molecule has 0 saturated heterocycles. The first kappa shape index (κ1) is 11.5. The van der Waals surface area contributed by atoms with Crippen LogP contribution in [-0.4, -0.2) is 14.8 Å². The molecule has 1 heterocycles. The lowest BCUT2D eigenvalue weighted by Gasteiger charge is -2.24. The van der Waals surface area contributed by atoms with Gasteiger partial charge in [0.1, 0.15) is 6.33 Å². The highest BCUT2D eigenvalue weighted by molar-refractivity contribution is 5.55. The molecule has 0 N–H and O–H groups in total. The lowest BCUT2D eigenvalue weighted by atomic mass is 9.95. The zero-order chi connectivity index (χ0) is 12.4. The lowest BCUT2D eigenvalue weighted by Crippen LogP contribution is -2.13. The number of rotatable bonds is 2. The summed E-state index contributed by atoms with van der Waals surface area (Å²) in [5.74, 6) is 1.02. The Labute approximate surface area is 108 Å². The molecule has 0 bridgehead atoms. The van der Waals surface area contributed by atoms with E-state index in [0.717, 1.165) is 5.82 Å². The first-order chi connectivity index (χ1) is 8.84. The number of aryl methyl sites for hydroxylation is 1. The van der Waals surface area contributed by atoms with E-state index >= 15 is 0 Å². The van der Waals surface area contributed by atoms with Gasteiger partial charge >= 0.3 is 0 Å². The van der Waals surface area contributed by atoms with Gasteiger partial charge in [0.2, 0.25) is 0 Å². The molecule has 2 aromatic rings. The van der Waals surface area contributed by atoms with Gasteiger partial charge in [-0.25, -0.2) is 0 Å². The second-order valence-corrected chi connectivity index (χ2v) is 5.22. The summed E-state index contributed by atoms with van der Waals surface area (Å²) in [6.07, 6.45) is 8.45. The number of nitrogens with zero attached hydrogens (tertiary/aromatic N) is 3. The van der Waals surface area contributed by atoms with Crippen molar-refractivity contribution in [1.29, 1.82) is 0 Å². The van der Waals surface area contributed by atoms with Crippen molar-refractivity contribution in [3.05, 3.63) is 36.2 Å². The van der Waals surface area contributed by atoms with Crippen molar-refractivity contribution in [3.8, 4) is 11.4 Å². The van der Waals surface area contributed by atoms with Gasteiger partial charge in [-0.15, -0.1) is 10.2 Å². The van der Waals surface area contributed by atoms with Crippen LogP contribution in [0.3, 0.4) is 0 Å². The average molecular weight is 241 g/mol. The average Bonchev–Trinajstić information content (AvgIpc) is 2.90. The van der Waals surface area contributed by atoms with Crippen molar-refractivity contribution in [2.75, 3.05) is 0 Å². The van der Waals surface area contributed by atoms with E-state index in [9.17, 15) is 0 Å². The minimum Gasteiger partial charge on any atom is -0.310 e. The van der Waals surface area contributed by atoms with E-state index in [1.165, 1.54) is 43.2 Å². The molecule has 1 aliphatic carbocycles. The standard InChI is InChI=1S/C15H19N3/c1-12-7-9-13(10-8-12)15-17-16-11-18(15)14-5-3-2-4-6-14/h7-11,14H,2-6H2,1H3. The van der Waals surface area contributed by atoms with Crippen LogP contribution in [0, 0.1) is 6.92 Å². The first-order valence-corrected chi connectivity index (χ1v) is 6.81. The zero-order valence-electron chi connectivity index (χ0n) is 10.8. The topological polar surface area (TPSA) is 30.7 Å². The summed E-state index contributed by atoms with van der Waals surface area (Å²) in [7, 11) is 0. The van der Waals surface area contributed by atoms with Crippen LogP contribution in [0.4, 0.5) is 0 Å². The zero-order valence-corrected chi connectivity index (χ0v) is 10.8. The van der Waals surface area contributed by atoms with Crippen molar-refractivity contribution in [3.63, 3.8) is 0 Å². The van der Waals surface area contributed by atoms with Gasteiger partial charge < -0.3 is 4.57 Å². The summed E-state index contributed by atoms with van der Waals surface area (Å²) < 4.78 is 2.27. The summed E-state index contributed by atoms with van der Waals surface area (Å²) in [5.41, 5.74) is 2.45. The Kier molecular flexibility index (Phi) is 3.13. The molecule has 1 saturated carbocycles. The van der Waals surface area contributed by atoms with Gasteiger partial charge in [-0.1, -0.05) is 49.1 Å². The maximum atomic E-state index is 4.30. The predicted molar refractivity (Wildman–Crippen MR) is 72.3 cm³/mol. The molecule has 3 rings (SSSR count). The van der Waals surface area contributed by atoms with Crippen LogP contribution in [-0.2, 0) is 0 Å². The van der Waals surface area contributed by atoms with Crippen LogP contribution in [0.15, 0.2) is 30.6 Å². The van der Waals surface area contributed by atoms with Crippen LogP contribution in [0.25, 0.3) is 11.4 Å². The van der Waals surface area contributed by atoms with E-state index in [2.05, 4.69) is 46.0 Å². The molecule has 94 valence electrons. The van der Waals surface area contributed by atoms with E-state index in [1.54, 1.807) is 0 Å². The smallest absolute Gasteiger partial charge is 0.163 e. The Bertz CT molecular complexity index is 507. The van der Waals surface area contributed by atoms with Gasteiger partial charge in [0, 0.05) is 11.6 Å². The van der Waals surface area contributed by atoms with E-state index in [4.69, 9.17) is 0 Å². The van der Waals surface area contributed by atoms with Gasteiger partial charge in [-0.05, 0) is 19.8 Å². The molecule has 1 aliphatic rings. The highest BCUT2D eigenvalue weighted by Crippen LogP contribution is 2.31. The molecule has 1 aromatic heterocycles. The molecule has 0 radical (unpaired) electrons. The van der Waals surface area contributed by atoms with Crippen molar-refractivity contribution >= 4 is 0 Å². The van der Waals surface area contributed by atoms with Gasteiger partial charge in [0.05, 0.1) is 0 Å². The highest BCUT2D eigenvalue weighted by atomic mass is 15.3. The van der Waals surface area contributed by atoms with Crippen molar-refractivity contribution in [2.24, 2.45) is 0 Å². The molecule has 1 fully saturated rings. The third kappa shape index (κ3) is 2.17. The normalized spacial score (nSPS) is 16.9. The Hall–Kier alpha value is -1.64. The van der Waals surface area contributed by atoms with E-state index in [0.29, 0.717) is 6.04 Å². The summed E-state index contributed by atoms with van der Waals surface area (Å²) in [4.78, 5) is 0. The van der Waals surface area contributed by atoms with Crippen molar-refractivity contribution < 1.29 is 0 Å². The van der Waals surface area contributed by atoms with Gasteiger partial charge in [0.25, 0.3) is 0 Å². The molecule has 18 heavy (non-hydrogen) atoms. The van der Waals surface area contributed by atoms with Crippen LogP contribution in [0.5, 0.6) is 0 Å². The molecule has 0 aliphatic heterocycles. The lowest BCUT2D eigenvalue weighted by molar-refractivity contribution is 0.355. The summed E-state index contributed by atoms with van der Waals surface area (Å²) >= 11 is 0. The fourth-order valence-electron chi connectivity index (χ4n) is 2.78. The molecule has 0 atom stereocenters. The Morgan fingerprint density at radius 2 is 1.78 bits per heavy atom. The van der Waals surface area contributed by atoms with Gasteiger partial charge in [-0.2, -0.15) is 0 Å². The molecular weight excluding hydrogens is 222 g/mol. The number of benzene rings is 1. The van der Waals surface area contributed by atoms with Crippen molar-refractivity contribution in [1.82, 2.24) is 14.8 Å². The quantitative estimate of drug-likeness (QED) is 0.801. The fraction of sp³-hybridized carbons (Fsp3) is 0.467. The molecule has 1 aromatic carbocycles. The maximum Gasteiger partial charge on any atom is 0.163 e. The first-order valence-electron chi connectivity index (χ1n) is 6.81. The molecular formula is C15H19N3. The van der Waals surface area contributed by atoms with E-state index in [1.807, 2.05) is 6.33 Å². The molecule has 0 amide bonds. The van der Waals surface area contributed by atoms with Crippen LogP contribution in [0.2, 0.25) is 0 Å². The Morgan fingerprint density at radius 3 is 2.50 bits per heavy atom. The molecule has 0 unspecified atom stereocenters. The summed E-state index contributed by atoms with van der Waals surface area (Å²) in [6.45, 7) is 2.11. The Morgan fingerprint density at radius 1 is 1.06 bits per heavy atom. The number of aromatic nitrogens is 3. The van der Waals surface area contributed by atoms with E-state index < -0.39 is 0 Å². The third-order valence-corrected chi connectivity index (χ3v) is 3.85. The second-order valence-electron chi connectivity index (χ2n) is 5.22. The minimum absolute atomic E-state index is 0.588. The van der Waals surface area contributed by atoms with E-state index in [-0.39, 0.29) is 0 Å². The van der Waals surface area contributed by atoms with Crippen LogP contribution in [0.1, 0.15) is 43.7 Å². The summed E-state index contributed by atoms with van der Waals surface area (Å²) in [6, 6.07) is 9.13. The highest BCUT2D eigenvalue weighted by Gasteiger charge is 2.19. The monoisotopic (exact) mass is 241 g/mol. The van der Waals surface area contributed by atoms with Crippen LogP contribution < -0.4 is 0 Å². The SMILES string of the molecule is Cc1ccc(-c2nncn2C2CCCCC2)cc1. The minimum atomic E-state index is 0.588. The van der Waals surface area contributed by atoms with Gasteiger partial charge in [0.15, 0.2) is 5.82 Å². The fourth-order valence-corrected chi connectivity index (χ4v) is 2.78. The molecule has 3 nitrogen and oxygen atoms in total. The second kappa shape index (κ2) is 4.92. The van der Waals surface area contributed by atoms with Crippen LogP contribution >= 0.6 is 0 Å². The molecule has 0 spiro atoms. The predicted octanol–water partition coefficient (Wildman–Crippen LogP) is 3.76. The molecule has 3 heteroatoms. The summed E-state index contributed by atoms with van der Waals surface area (Å²) in [5, 5.41) is 8.41. The number of hydrogen-bond donors (Lipinski definition) is 0. The number of hydrogen-bond acceptors (Lipinski definition) is 2. The maximum absolute atomic E-state index is 4.30. The van der Waals surface area contributed by atoms with Gasteiger partial charge in [-0.3, -0.25) is 0 Å². The van der Waals surface area contributed by atoms with Crippen molar-refractivity contribution in [2.45, 2.75) is 45.1 Å². The Balaban J connectivity index is 1.93. The third-order valence-electron chi connectivity index (χ3n) is 3.85.